The van der Waals surface area contributed by atoms with Gasteiger partial charge in [-0.3, -0.25) is 0 Å². The molecule has 0 aliphatic heterocycles. The van der Waals surface area contributed by atoms with Gasteiger partial charge in [0, 0.05) is 6.61 Å². The van der Waals surface area contributed by atoms with Crippen molar-refractivity contribution in [3.05, 3.63) is 78.1 Å². The summed E-state index contributed by atoms with van der Waals surface area (Å²) in [5, 5.41) is 0. The fourth-order valence-corrected chi connectivity index (χ4v) is 2.59. The molecule has 1 aliphatic rings. The van der Waals surface area contributed by atoms with Gasteiger partial charge in [0.15, 0.2) is 0 Å². The Morgan fingerprint density at radius 2 is 2.08 bits per heavy atom. The van der Waals surface area contributed by atoms with Gasteiger partial charge in [0.25, 0.3) is 0 Å². The van der Waals surface area contributed by atoms with Gasteiger partial charge in [-0.1, -0.05) is 68.3 Å². The Hall–Kier alpha value is -2.06. The molecular weight excluding hydrogens is 296 g/mol. The fourth-order valence-electron chi connectivity index (χ4n) is 2.59. The Morgan fingerprint density at radius 1 is 1.21 bits per heavy atom. The first-order valence-electron chi connectivity index (χ1n) is 8.84. The van der Waals surface area contributed by atoms with Gasteiger partial charge >= 0.3 is 0 Å². The van der Waals surface area contributed by atoms with Crippen LogP contribution in [0.3, 0.4) is 0 Å². The Morgan fingerprint density at radius 3 is 2.83 bits per heavy atom. The third kappa shape index (κ3) is 5.86. The second-order valence-corrected chi connectivity index (χ2v) is 5.90. The molecule has 1 aliphatic carbocycles. The summed E-state index contributed by atoms with van der Waals surface area (Å²) in [6.07, 6.45) is 15.5. The van der Waals surface area contributed by atoms with E-state index in [2.05, 4.69) is 43.9 Å². The quantitative estimate of drug-likeness (QED) is 0.309. The molecule has 2 nitrogen and oxygen atoms in total. The van der Waals surface area contributed by atoms with Crippen LogP contribution in [0.1, 0.15) is 38.2 Å². The first-order valence-corrected chi connectivity index (χ1v) is 8.84. The maximum Gasteiger partial charge on any atom is 0.133 e. The third-order valence-corrected chi connectivity index (χ3v) is 3.94. The number of ether oxygens (including phenoxy) is 2. The highest BCUT2D eigenvalue weighted by atomic mass is 16.5. The molecule has 2 rings (SSSR count). The molecular formula is C22H28O2. The van der Waals surface area contributed by atoms with E-state index in [1.165, 1.54) is 18.4 Å². The van der Waals surface area contributed by atoms with Gasteiger partial charge in [-0.25, -0.2) is 0 Å². The second-order valence-electron chi connectivity index (χ2n) is 5.90. The maximum atomic E-state index is 6.27. The van der Waals surface area contributed by atoms with Crippen LogP contribution in [0.2, 0.25) is 0 Å². The number of allylic oxidation sites excluding steroid dienone is 6. The molecule has 0 bridgehead atoms. The van der Waals surface area contributed by atoms with Gasteiger partial charge < -0.3 is 9.47 Å². The van der Waals surface area contributed by atoms with Crippen molar-refractivity contribution < 1.29 is 9.47 Å². The zero-order valence-corrected chi connectivity index (χ0v) is 14.7. The maximum absolute atomic E-state index is 6.27. The molecule has 0 amide bonds. The standard InChI is InChI=1S/C22H28O2/c1-3-5-11-17-23-18-22(20-13-7-6-8-14-20)24-21-16-10-9-15-19(21)12-4-2/h4,6-10,13,15-16H,2-3,5,11-12,14,17-18H2,1H3/b22-20+. The molecule has 0 spiro atoms. The number of hydrogen-bond acceptors (Lipinski definition) is 2. The molecule has 128 valence electrons. The highest BCUT2D eigenvalue weighted by Gasteiger charge is 2.11. The predicted molar refractivity (Wildman–Crippen MR) is 101 cm³/mol. The van der Waals surface area contributed by atoms with Crippen LogP contribution in [0.25, 0.3) is 0 Å². The lowest BCUT2D eigenvalue weighted by molar-refractivity contribution is 0.127. The van der Waals surface area contributed by atoms with E-state index in [0.717, 1.165) is 42.9 Å². The summed E-state index contributed by atoms with van der Waals surface area (Å²) in [5.41, 5.74) is 2.33. The zero-order chi connectivity index (χ0) is 17.0. The van der Waals surface area contributed by atoms with Crippen molar-refractivity contribution in [1.82, 2.24) is 0 Å². The number of unbranched alkanes of at least 4 members (excludes halogenated alkanes) is 2. The van der Waals surface area contributed by atoms with Gasteiger partial charge in [-0.15, -0.1) is 6.58 Å². The molecule has 0 unspecified atom stereocenters. The van der Waals surface area contributed by atoms with Crippen molar-refractivity contribution in [2.45, 2.75) is 39.0 Å². The topological polar surface area (TPSA) is 18.5 Å². The summed E-state index contributed by atoms with van der Waals surface area (Å²) in [4.78, 5) is 0. The van der Waals surface area contributed by atoms with E-state index >= 15 is 0 Å². The number of para-hydroxylation sites is 1. The lowest BCUT2D eigenvalue weighted by Crippen LogP contribution is -2.10. The highest BCUT2D eigenvalue weighted by molar-refractivity contribution is 5.39. The number of hydrogen-bond donors (Lipinski definition) is 0. The van der Waals surface area contributed by atoms with E-state index in [9.17, 15) is 0 Å². The van der Waals surface area contributed by atoms with Crippen LogP contribution in [0, 0.1) is 0 Å². The highest BCUT2D eigenvalue weighted by Crippen LogP contribution is 2.25. The smallest absolute Gasteiger partial charge is 0.133 e. The van der Waals surface area contributed by atoms with E-state index in [4.69, 9.17) is 9.47 Å². The summed E-state index contributed by atoms with van der Waals surface area (Å²) in [6.45, 7) is 7.33. The summed E-state index contributed by atoms with van der Waals surface area (Å²) >= 11 is 0. The Balaban J connectivity index is 2.10. The Bertz CT molecular complexity index is 608. The first-order chi connectivity index (χ1) is 11.8. The van der Waals surface area contributed by atoms with Gasteiger partial charge in [-0.05, 0) is 36.5 Å². The van der Waals surface area contributed by atoms with Gasteiger partial charge in [0.2, 0.25) is 0 Å². The Labute approximate surface area is 146 Å². The van der Waals surface area contributed by atoms with E-state index in [-0.39, 0.29) is 0 Å². The average molecular weight is 324 g/mol. The lowest BCUT2D eigenvalue weighted by Gasteiger charge is -2.17. The molecule has 0 atom stereocenters. The van der Waals surface area contributed by atoms with Crippen LogP contribution in [0.5, 0.6) is 5.75 Å². The summed E-state index contributed by atoms with van der Waals surface area (Å²) < 4.78 is 12.1. The summed E-state index contributed by atoms with van der Waals surface area (Å²) in [7, 11) is 0. The van der Waals surface area contributed by atoms with Crippen LogP contribution in [0.15, 0.2) is 72.6 Å². The lowest BCUT2D eigenvalue weighted by atomic mass is 10.1. The average Bonchev–Trinajstić information content (AvgIpc) is 2.63. The van der Waals surface area contributed by atoms with Gasteiger partial charge in [0.05, 0.1) is 0 Å². The van der Waals surface area contributed by atoms with E-state index in [1.54, 1.807) is 0 Å². The minimum Gasteiger partial charge on any atom is -0.459 e. The van der Waals surface area contributed by atoms with Crippen molar-refractivity contribution in [2.24, 2.45) is 0 Å². The summed E-state index contributed by atoms with van der Waals surface area (Å²) in [6, 6.07) is 8.13. The molecule has 2 heteroatoms. The molecule has 0 saturated heterocycles. The minimum atomic E-state index is 0.514. The number of rotatable bonds is 10. The van der Waals surface area contributed by atoms with Crippen LogP contribution in [-0.2, 0) is 11.2 Å². The molecule has 1 aromatic carbocycles. The monoisotopic (exact) mass is 324 g/mol. The SMILES string of the molecule is C=CCc1ccccc1O/C(COCCCCC)=C1\C=CC=CC1. The van der Waals surface area contributed by atoms with Crippen molar-refractivity contribution in [1.29, 1.82) is 0 Å². The second kappa shape index (κ2) is 10.7. The largest absolute Gasteiger partial charge is 0.459 e. The van der Waals surface area contributed by atoms with Crippen LogP contribution in [0.4, 0.5) is 0 Å². The van der Waals surface area contributed by atoms with Crippen molar-refractivity contribution >= 4 is 0 Å². The number of benzene rings is 1. The summed E-state index contributed by atoms with van der Waals surface area (Å²) in [5.74, 6) is 1.80. The van der Waals surface area contributed by atoms with Crippen LogP contribution >= 0.6 is 0 Å². The Kier molecular flexibility index (Phi) is 8.12. The zero-order valence-electron chi connectivity index (χ0n) is 14.7. The molecule has 0 fully saturated rings. The molecule has 0 aromatic heterocycles. The van der Waals surface area contributed by atoms with Crippen molar-refractivity contribution in [3.63, 3.8) is 0 Å². The van der Waals surface area contributed by atoms with Gasteiger partial charge in [0.1, 0.15) is 18.1 Å². The predicted octanol–water partition coefficient (Wildman–Crippen LogP) is 5.77. The van der Waals surface area contributed by atoms with E-state index < -0.39 is 0 Å². The first kappa shape index (κ1) is 18.3. The molecule has 0 saturated carbocycles. The van der Waals surface area contributed by atoms with Gasteiger partial charge in [-0.2, -0.15) is 0 Å². The van der Waals surface area contributed by atoms with E-state index in [1.807, 2.05) is 24.3 Å². The minimum absolute atomic E-state index is 0.514. The molecule has 0 N–H and O–H groups in total. The molecule has 24 heavy (non-hydrogen) atoms. The van der Waals surface area contributed by atoms with Crippen molar-refractivity contribution in [3.8, 4) is 5.75 Å². The normalized spacial score (nSPS) is 15.4. The van der Waals surface area contributed by atoms with Crippen LogP contribution in [-0.4, -0.2) is 13.2 Å². The third-order valence-electron chi connectivity index (χ3n) is 3.94. The van der Waals surface area contributed by atoms with Crippen LogP contribution < -0.4 is 4.74 Å². The fraction of sp³-hybridized carbons (Fsp3) is 0.364. The molecule has 0 radical (unpaired) electrons. The van der Waals surface area contributed by atoms with E-state index in [0.29, 0.717) is 6.61 Å². The molecule has 0 heterocycles. The molecule has 1 aromatic rings. The van der Waals surface area contributed by atoms with Crippen molar-refractivity contribution in [2.75, 3.05) is 13.2 Å².